The first kappa shape index (κ1) is 33.9. The molecular weight excluding hydrogens is 695 g/mol. The number of hydrogen-bond donors (Lipinski definition) is 0. The van der Waals surface area contributed by atoms with Crippen LogP contribution >= 0.6 is 17.0 Å². The molecule has 4 aromatic carbocycles. The van der Waals surface area contributed by atoms with E-state index in [1.165, 1.54) is 66.8 Å². The van der Waals surface area contributed by atoms with E-state index in [-0.39, 0.29) is 7.25 Å². The Bertz CT molecular complexity index is 1730. The van der Waals surface area contributed by atoms with Crippen LogP contribution in [0.4, 0.5) is 0 Å². The Kier molecular flexibility index (Phi) is 9.45. The normalized spacial score (nSPS) is 18.4. The molecule has 0 saturated carbocycles. The van der Waals surface area contributed by atoms with Crippen molar-refractivity contribution in [1.29, 1.82) is 0 Å². The van der Waals surface area contributed by atoms with E-state index in [0.717, 1.165) is 12.8 Å². The van der Waals surface area contributed by atoms with Crippen molar-refractivity contribution in [3.05, 3.63) is 129 Å². The van der Waals surface area contributed by atoms with Gasteiger partial charge in [-0.2, -0.15) is 0 Å². The summed E-state index contributed by atoms with van der Waals surface area (Å²) < 4.78 is 0.229. The Balaban J connectivity index is 1.56. The van der Waals surface area contributed by atoms with E-state index in [1.807, 2.05) is 0 Å². The van der Waals surface area contributed by atoms with Crippen molar-refractivity contribution >= 4 is 35.1 Å². The van der Waals surface area contributed by atoms with Gasteiger partial charge in [0.25, 0.3) is 0 Å². The molecule has 2 aliphatic carbocycles. The Labute approximate surface area is 286 Å². The Morgan fingerprint density at radius 3 is 1.35 bits per heavy atom. The van der Waals surface area contributed by atoms with Gasteiger partial charge in [-0.15, -0.1) is 0 Å². The van der Waals surface area contributed by atoms with Crippen molar-refractivity contribution in [3.8, 4) is 22.3 Å². The first-order valence-corrected chi connectivity index (χ1v) is 33.7. The van der Waals surface area contributed by atoms with Crippen LogP contribution in [-0.4, -0.2) is 5.92 Å². The standard InChI is InChI=1S/2C20H21.C2H7Si.2ClH.Zr/c2*1-4-15-11-17-9-6-10-19(20(17)12-15)18-8-5-7-16(13-18)14(2)3;1-3-2;;;/h2*5-14H,4H2,1-3H3;3H,1-2H3;2*1H;/q;;;;;+2/p-2. The molecule has 0 heterocycles. The van der Waals surface area contributed by atoms with Crippen molar-refractivity contribution in [1.82, 2.24) is 0 Å². The average Bonchev–Trinajstić information content (AvgIpc) is 3.64. The van der Waals surface area contributed by atoms with E-state index in [1.54, 1.807) is 0 Å². The fraction of sp³-hybridized carbons (Fsp3) is 0.333. The first-order chi connectivity index (χ1) is 21.9. The number of hydrogen-bond acceptors (Lipinski definition) is 0. The number of fused-ring (bicyclic) bond motifs is 2. The average molecular weight is 744 g/mol. The summed E-state index contributed by atoms with van der Waals surface area (Å²) in [5, 5.41) is 0. The summed E-state index contributed by atoms with van der Waals surface area (Å²) in [4.78, 5) is 0. The predicted octanol–water partition coefficient (Wildman–Crippen LogP) is 13.6. The zero-order valence-corrected chi connectivity index (χ0v) is 33.9. The van der Waals surface area contributed by atoms with Crippen LogP contribution in [-0.2, 0) is 15.6 Å². The molecule has 0 radical (unpaired) electrons. The predicted molar refractivity (Wildman–Crippen MR) is 205 cm³/mol. The van der Waals surface area contributed by atoms with Gasteiger partial charge in [0.1, 0.15) is 0 Å². The quantitative estimate of drug-likeness (QED) is 0.150. The van der Waals surface area contributed by atoms with Crippen LogP contribution in [0.1, 0.15) is 107 Å². The third-order valence-corrected chi connectivity index (χ3v) is 62.9. The summed E-state index contributed by atoms with van der Waals surface area (Å²) in [5.74, 6) is -0.644. The fourth-order valence-corrected chi connectivity index (χ4v) is 40.1. The summed E-state index contributed by atoms with van der Waals surface area (Å²) in [6.45, 7) is 18.6. The zero-order chi connectivity index (χ0) is 33.0. The van der Waals surface area contributed by atoms with E-state index >= 15 is 0 Å². The van der Waals surface area contributed by atoms with Gasteiger partial charge < -0.3 is 0 Å². The maximum atomic E-state index is 8.63. The van der Waals surface area contributed by atoms with Crippen molar-refractivity contribution in [2.75, 3.05) is 0 Å². The molecule has 0 aliphatic heterocycles. The monoisotopic (exact) mass is 741 g/mol. The molecule has 0 bridgehead atoms. The van der Waals surface area contributed by atoms with E-state index in [2.05, 4.69) is 152 Å². The van der Waals surface area contributed by atoms with Crippen molar-refractivity contribution in [2.45, 2.75) is 86.6 Å². The number of allylic oxidation sites excluding steroid dienone is 2. The molecule has 0 nitrogen and oxygen atoms in total. The van der Waals surface area contributed by atoms with Gasteiger partial charge in [0.2, 0.25) is 0 Å². The molecule has 4 heteroatoms. The molecule has 0 spiro atoms. The van der Waals surface area contributed by atoms with Gasteiger partial charge in [0.15, 0.2) is 0 Å². The topological polar surface area (TPSA) is 0 Å². The molecule has 6 rings (SSSR count). The van der Waals surface area contributed by atoms with Crippen LogP contribution in [0, 0.1) is 0 Å². The zero-order valence-electron chi connectivity index (χ0n) is 28.8. The Morgan fingerprint density at radius 1 is 0.609 bits per heavy atom. The van der Waals surface area contributed by atoms with Gasteiger partial charge in [0.05, 0.1) is 0 Å². The van der Waals surface area contributed by atoms with E-state index in [0.29, 0.717) is 11.8 Å². The molecule has 0 amide bonds. The summed E-state index contributed by atoms with van der Waals surface area (Å²) in [6.07, 6.45) is 6.88. The van der Waals surface area contributed by atoms with Gasteiger partial charge in [-0.3, -0.25) is 0 Å². The van der Waals surface area contributed by atoms with Crippen molar-refractivity contribution < 1.29 is 15.6 Å². The van der Waals surface area contributed by atoms with Gasteiger partial charge in [-0.1, -0.05) is 0 Å². The second-order valence-corrected chi connectivity index (χ2v) is 57.1. The fourth-order valence-electron chi connectivity index (χ4n) is 8.31. The van der Waals surface area contributed by atoms with Crippen molar-refractivity contribution in [3.63, 3.8) is 0 Å². The maximum absolute atomic E-state index is 8.63. The SMILES string of the molecule is CCC1=Cc2c(-c3cccc(C(C)C)c3)cccc2[CH]1[Zr]([Cl])([Cl])([CH]1C(CC)=Cc2c(-c3cccc(C(C)C)c3)cccc21)[SiH](C)C. The van der Waals surface area contributed by atoms with Gasteiger partial charge in [0, 0.05) is 0 Å². The van der Waals surface area contributed by atoms with Crippen LogP contribution in [0.5, 0.6) is 0 Å². The minimum absolute atomic E-state index is 0.114. The molecule has 0 N–H and O–H groups in total. The summed E-state index contributed by atoms with van der Waals surface area (Å²) in [6, 6.07) is 32.0. The second-order valence-electron chi connectivity index (χ2n) is 14.6. The Hall–Kier alpha value is -1.96. The third kappa shape index (κ3) is 5.44. The van der Waals surface area contributed by atoms with Crippen LogP contribution in [0.25, 0.3) is 34.4 Å². The van der Waals surface area contributed by atoms with Crippen LogP contribution in [0.3, 0.4) is 0 Å². The molecule has 239 valence electrons. The van der Waals surface area contributed by atoms with Crippen LogP contribution in [0.15, 0.2) is 96.1 Å². The van der Waals surface area contributed by atoms with Gasteiger partial charge >= 0.3 is 289 Å². The summed E-state index contributed by atoms with van der Waals surface area (Å²) >= 11 is -4.78. The molecular formula is C42H49Cl2SiZr. The first-order valence-electron chi connectivity index (χ1n) is 17.3. The molecule has 0 saturated heterocycles. The van der Waals surface area contributed by atoms with Crippen molar-refractivity contribution in [2.24, 2.45) is 0 Å². The molecule has 0 fully saturated rings. The second kappa shape index (κ2) is 12.8. The summed E-state index contributed by atoms with van der Waals surface area (Å²) in [7, 11) is 17.3. The molecule has 0 aromatic heterocycles. The summed E-state index contributed by atoms with van der Waals surface area (Å²) in [5.41, 5.74) is 16.2. The number of rotatable bonds is 9. The van der Waals surface area contributed by atoms with Gasteiger partial charge in [-0.25, -0.2) is 0 Å². The molecule has 4 aromatic rings. The van der Waals surface area contributed by atoms with E-state index < -0.39 is 21.5 Å². The minimum atomic E-state index is -4.78. The Morgan fingerprint density at radius 2 is 1.00 bits per heavy atom. The molecule has 2 aliphatic rings. The number of benzene rings is 4. The third-order valence-electron chi connectivity index (χ3n) is 11.1. The van der Waals surface area contributed by atoms with Crippen LogP contribution in [0.2, 0.25) is 13.1 Å². The van der Waals surface area contributed by atoms with E-state index in [4.69, 9.17) is 17.0 Å². The molecule has 46 heavy (non-hydrogen) atoms. The number of halogens is 2. The van der Waals surface area contributed by atoms with Gasteiger partial charge in [-0.05, 0) is 0 Å². The van der Waals surface area contributed by atoms with Crippen LogP contribution < -0.4 is 0 Å². The van der Waals surface area contributed by atoms with E-state index in [9.17, 15) is 0 Å². The molecule has 2 unspecified atom stereocenters. The molecule has 2 atom stereocenters.